The molecule has 0 fully saturated rings. The van der Waals surface area contributed by atoms with Crippen molar-refractivity contribution in [2.75, 3.05) is 10.6 Å². The van der Waals surface area contributed by atoms with Gasteiger partial charge >= 0.3 is 5.69 Å². The standard InChI is InChI=1S/C16H10BrF2N5O2/c17-9-2-1-3-11(6-9)22-15-14(24(25)26)16(21-8-20-15)23-13-5-4-10(18)7-12(13)19/h1-8H,(H2,20,21,22,23). The van der Waals surface area contributed by atoms with E-state index in [0.29, 0.717) is 11.8 Å². The van der Waals surface area contributed by atoms with Gasteiger partial charge in [0, 0.05) is 16.2 Å². The van der Waals surface area contributed by atoms with Crippen LogP contribution in [-0.2, 0) is 0 Å². The summed E-state index contributed by atoms with van der Waals surface area (Å²) < 4.78 is 27.6. The van der Waals surface area contributed by atoms with Crippen LogP contribution >= 0.6 is 15.9 Å². The number of halogens is 3. The minimum Gasteiger partial charge on any atom is -0.334 e. The Labute approximate surface area is 154 Å². The fourth-order valence-corrected chi connectivity index (χ4v) is 2.56. The molecule has 1 heterocycles. The topological polar surface area (TPSA) is 93.0 Å². The van der Waals surface area contributed by atoms with Crippen molar-refractivity contribution in [3.05, 3.63) is 75.0 Å². The van der Waals surface area contributed by atoms with Crippen LogP contribution in [0, 0.1) is 21.7 Å². The molecular formula is C16H10BrF2N5O2. The Hall–Kier alpha value is -3.14. The Morgan fingerprint density at radius 3 is 2.42 bits per heavy atom. The normalized spacial score (nSPS) is 10.4. The number of hydrogen-bond acceptors (Lipinski definition) is 6. The van der Waals surface area contributed by atoms with Crippen LogP contribution in [0.1, 0.15) is 0 Å². The summed E-state index contributed by atoms with van der Waals surface area (Å²) in [5, 5.41) is 16.8. The largest absolute Gasteiger partial charge is 0.353 e. The van der Waals surface area contributed by atoms with E-state index in [4.69, 9.17) is 0 Å². The predicted molar refractivity (Wildman–Crippen MR) is 95.8 cm³/mol. The van der Waals surface area contributed by atoms with Crippen molar-refractivity contribution in [2.45, 2.75) is 0 Å². The Kier molecular flexibility index (Phi) is 5.03. The molecule has 0 aliphatic rings. The Morgan fingerprint density at radius 1 is 1.04 bits per heavy atom. The van der Waals surface area contributed by atoms with E-state index in [-0.39, 0.29) is 17.3 Å². The highest BCUT2D eigenvalue weighted by atomic mass is 79.9. The van der Waals surface area contributed by atoms with E-state index in [2.05, 4.69) is 36.5 Å². The molecule has 132 valence electrons. The van der Waals surface area contributed by atoms with Gasteiger partial charge in [0.25, 0.3) is 0 Å². The predicted octanol–water partition coefficient (Wildman–Crippen LogP) is 4.91. The lowest BCUT2D eigenvalue weighted by atomic mass is 10.3. The second kappa shape index (κ2) is 7.40. The van der Waals surface area contributed by atoms with E-state index in [1.807, 2.05) is 0 Å². The summed E-state index contributed by atoms with van der Waals surface area (Å²) in [6, 6.07) is 9.76. The van der Waals surface area contributed by atoms with Gasteiger partial charge in [0.1, 0.15) is 18.0 Å². The van der Waals surface area contributed by atoms with Crippen LogP contribution in [-0.4, -0.2) is 14.9 Å². The van der Waals surface area contributed by atoms with Crippen LogP contribution in [0.4, 0.5) is 37.5 Å². The number of benzene rings is 2. The zero-order valence-corrected chi connectivity index (χ0v) is 14.5. The number of nitrogens with zero attached hydrogens (tertiary/aromatic N) is 3. The van der Waals surface area contributed by atoms with Crippen molar-refractivity contribution >= 4 is 44.6 Å². The third-order valence-corrected chi connectivity index (χ3v) is 3.77. The Morgan fingerprint density at radius 2 is 1.77 bits per heavy atom. The average molecular weight is 422 g/mol. The number of anilines is 4. The third-order valence-electron chi connectivity index (χ3n) is 3.28. The zero-order valence-electron chi connectivity index (χ0n) is 12.9. The monoisotopic (exact) mass is 421 g/mol. The van der Waals surface area contributed by atoms with Gasteiger partial charge in [0.2, 0.25) is 11.6 Å². The third kappa shape index (κ3) is 3.91. The van der Waals surface area contributed by atoms with Crippen LogP contribution in [0.25, 0.3) is 0 Å². The summed E-state index contributed by atoms with van der Waals surface area (Å²) in [5.41, 5.74) is -0.0714. The highest BCUT2D eigenvalue weighted by molar-refractivity contribution is 9.10. The molecule has 1 aromatic heterocycles. The summed E-state index contributed by atoms with van der Waals surface area (Å²) in [4.78, 5) is 18.5. The van der Waals surface area contributed by atoms with E-state index >= 15 is 0 Å². The van der Waals surface area contributed by atoms with Crippen molar-refractivity contribution in [1.82, 2.24) is 9.97 Å². The van der Waals surface area contributed by atoms with E-state index in [0.717, 1.165) is 22.9 Å². The number of aromatic nitrogens is 2. The number of hydrogen-bond donors (Lipinski definition) is 2. The van der Waals surface area contributed by atoms with Gasteiger partial charge in [-0.1, -0.05) is 22.0 Å². The molecule has 2 N–H and O–H groups in total. The summed E-state index contributed by atoms with van der Waals surface area (Å²) in [6.07, 6.45) is 1.09. The first-order chi connectivity index (χ1) is 12.4. The summed E-state index contributed by atoms with van der Waals surface area (Å²) in [6.45, 7) is 0. The number of nitro groups is 1. The molecule has 26 heavy (non-hydrogen) atoms. The quantitative estimate of drug-likeness (QED) is 0.448. The molecule has 0 amide bonds. The molecule has 0 aliphatic heterocycles. The van der Waals surface area contributed by atoms with Gasteiger partial charge in [-0.05, 0) is 30.3 Å². The van der Waals surface area contributed by atoms with Crippen LogP contribution in [0.3, 0.4) is 0 Å². The molecule has 0 radical (unpaired) electrons. The molecule has 10 heteroatoms. The smallest absolute Gasteiger partial charge is 0.334 e. The van der Waals surface area contributed by atoms with Crippen LogP contribution < -0.4 is 10.6 Å². The highest BCUT2D eigenvalue weighted by Crippen LogP contribution is 2.33. The van der Waals surface area contributed by atoms with Crippen molar-refractivity contribution in [3.63, 3.8) is 0 Å². The Bertz CT molecular complexity index is 987. The van der Waals surface area contributed by atoms with Gasteiger partial charge in [-0.2, -0.15) is 0 Å². The molecule has 3 rings (SSSR count). The summed E-state index contributed by atoms with van der Waals surface area (Å²) in [5.74, 6) is -1.97. The fraction of sp³-hybridized carbons (Fsp3) is 0. The first kappa shape index (κ1) is 17.7. The van der Waals surface area contributed by atoms with Crippen LogP contribution in [0.2, 0.25) is 0 Å². The minimum atomic E-state index is -0.903. The van der Waals surface area contributed by atoms with Crippen molar-refractivity contribution < 1.29 is 13.7 Å². The summed E-state index contributed by atoms with van der Waals surface area (Å²) in [7, 11) is 0. The molecule has 0 bridgehead atoms. The molecule has 0 saturated carbocycles. The van der Waals surface area contributed by atoms with Gasteiger partial charge in [0.15, 0.2) is 0 Å². The van der Waals surface area contributed by atoms with E-state index < -0.39 is 22.2 Å². The van der Waals surface area contributed by atoms with Crippen LogP contribution in [0.15, 0.2) is 53.3 Å². The molecule has 0 atom stereocenters. The maximum absolute atomic E-state index is 13.8. The lowest BCUT2D eigenvalue weighted by Gasteiger charge is -2.11. The maximum Gasteiger partial charge on any atom is 0.353 e. The van der Waals surface area contributed by atoms with Crippen molar-refractivity contribution in [2.24, 2.45) is 0 Å². The van der Waals surface area contributed by atoms with Crippen molar-refractivity contribution in [3.8, 4) is 0 Å². The van der Waals surface area contributed by atoms with Crippen LogP contribution in [0.5, 0.6) is 0 Å². The van der Waals surface area contributed by atoms with E-state index in [9.17, 15) is 18.9 Å². The lowest BCUT2D eigenvalue weighted by Crippen LogP contribution is -2.06. The first-order valence-corrected chi connectivity index (χ1v) is 7.97. The van der Waals surface area contributed by atoms with Gasteiger partial charge in [-0.3, -0.25) is 10.1 Å². The molecular weight excluding hydrogens is 412 g/mol. The zero-order chi connectivity index (χ0) is 18.7. The highest BCUT2D eigenvalue weighted by Gasteiger charge is 2.24. The molecule has 0 saturated heterocycles. The number of nitrogens with one attached hydrogen (secondary N) is 2. The van der Waals surface area contributed by atoms with Gasteiger partial charge in [-0.25, -0.2) is 18.7 Å². The molecule has 0 aliphatic carbocycles. The molecule has 2 aromatic carbocycles. The Balaban J connectivity index is 1.99. The first-order valence-electron chi connectivity index (χ1n) is 7.18. The van der Waals surface area contributed by atoms with E-state index in [1.54, 1.807) is 24.3 Å². The van der Waals surface area contributed by atoms with Gasteiger partial charge < -0.3 is 10.6 Å². The molecule has 0 spiro atoms. The molecule has 7 nitrogen and oxygen atoms in total. The average Bonchev–Trinajstić information content (AvgIpc) is 2.57. The summed E-state index contributed by atoms with van der Waals surface area (Å²) >= 11 is 3.30. The maximum atomic E-state index is 13.8. The molecule has 3 aromatic rings. The fourth-order valence-electron chi connectivity index (χ4n) is 2.16. The number of rotatable bonds is 5. The second-order valence-electron chi connectivity index (χ2n) is 5.06. The van der Waals surface area contributed by atoms with Crippen molar-refractivity contribution in [1.29, 1.82) is 0 Å². The molecule has 0 unspecified atom stereocenters. The van der Waals surface area contributed by atoms with E-state index in [1.165, 1.54) is 0 Å². The minimum absolute atomic E-state index is 0.0758. The van der Waals surface area contributed by atoms with Gasteiger partial charge in [-0.15, -0.1) is 0 Å². The second-order valence-corrected chi connectivity index (χ2v) is 5.98. The van der Waals surface area contributed by atoms with Gasteiger partial charge in [0.05, 0.1) is 10.6 Å². The lowest BCUT2D eigenvalue weighted by molar-refractivity contribution is -0.383. The SMILES string of the molecule is O=[N+]([O-])c1c(Nc2cccc(Br)c2)ncnc1Nc1ccc(F)cc1F.